The SMILES string of the molecule is NC(=O)Cn1cc(/C=N\NS(=O)(=O)c2cc(Cl)ccc2Cl)c2ccccc21. The molecule has 3 rings (SSSR count). The van der Waals surface area contributed by atoms with E-state index >= 15 is 0 Å². The van der Waals surface area contributed by atoms with E-state index in [0.717, 1.165) is 10.9 Å². The number of hydrogen-bond donors (Lipinski definition) is 2. The number of benzene rings is 2. The number of primary amides is 1. The molecule has 1 aromatic heterocycles. The van der Waals surface area contributed by atoms with Crippen LogP contribution in [-0.4, -0.2) is 25.1 Å². The third-order valence-electron chi connectivity index (χ3n) is 3.70. The molecule has 7 nitrogen and oxygen atoms in total. The second-order valence-electron chi connectivity index (χ2n) is 5.62. The molecule has 0 saturated carbocycles. The Kier molecular flexibility index (Phi) is 5.41. The first-order chi connectivity index (χ1) is 12.8. The number of carbonyl (C=O) groups excluding carboxylic acids is 1. The maximum Gasteiger partial charge on any atom is 0.278 e. The summed E-state index contributed by atoms with van der Waals surface area (Å²) < 4.78 is 26.4. The van der Waals surface area contributed by atoms with Crippen molar-refractivity contribution < 1.29 is 13.2 Å². The van der Waals surface area contributed by atoms with Crippen LogP contribution in [0.15, 0.2) is 58.7 Å². The molecule has 140 valence electrons. The quantitative estimate of drug-likeness (QED) is 0.469. The number of rotatable bonds is 6. The van der Waals surface area contributed by atoms with Crippen LogP contribution in [0.5, 0.6) is 0 Å². The van der Waals surface area contributed by atoms with Crippen LogP contribution in [0.4, 0.5) is 0 Å². The first-order valence-corrected chi connectivity index (χ1v) is 9.88. The Morgan fingerprint density at radius 1 is 1.22 bits per heavy atom. The molecule has 2 aromatic carbocycles. The molecule has 3 N–H and O–H groups in total. The van der Waals surface area contributed by atoms with Gasteiger partial charge in [-0.25, -0.2) is 4.83 Å². The van der Waals surface area contributed by atoms with Gasteiger partial charge in [-0.05, 0) is 24.3 Å². The Balaban J connectivity index is 1.90. The smallest absolute Gasteiger partial charge is 0.278 e. The highest BCUT2D eigenvalue weighted by Gasteiger charge is 2.17. The number of sulfonamides is 1. The van der Waals surface area contributed by atoms with Crippen LogP contribution >= 0.6 is 23.2 Å². The molecule has 1 heterocycles. The summed E-state index contributed by atoms with van der Waals surface area (Å²) in [6, 6.07) is 11.4. The van der Waals surface area contributed by atoms with E-state index in [9.17, 15) is 13.2 Å². The molecule has 0 atom stereocenters. The largest absolute Gasteiger partial charge is 0.368 e. The maximum atomic E-state index is 12.4. The molecule has 0 bridgehead atoms. The van der Waals surface area contributed by atoms with E-state index in [4.69, 9.17) is 28.9 Å². The summed E-state index contributed by atoms with van der Waals surface area (Å²) in [4.78, 5) is 13.2. The molecule has 0 aliphatic heterocycles. The van der Waals surface area contributed by atoms with Crippen LogP contribution in [0.1, 0.15) is 5.56 Å². The van der Waals surface area contributed by atoms with Crippen molar-refractivity contribution in [3.05, 3.63) is 64.3 Å². The van der Waals surface area contributed by atoms with Crippen LogP contribution in [0, 0.1) is 0 Å². The van der Waals surface area contributed by atoms with Gasteiger partial charge in [-0.15, -0.1) is 0 Å². The average molecular weight is 425 g/mol. The number of fused-ring (bicyclic) bond motifs is 1. The maximum absolute atomic E-state index is 12.4. The van der Waals surface area contributed by atoms with Gasteiger partial charge < -0.3 is 10.3 Å². The molecule has 27 heavy (non-hydrogen) atoms. The Morgan fingerprint density at radius 3 is 2.70 bits per heavy atom. The summed E-state index contributed by atoms with van der Waals surface area (Å²) in [5.74, 6) is -0.490. The van der Waals surface area contributed by atoms with Crippen molar-refractivity contribution in [2.75, 3.05) is 0 Å². The van der Waals surface area contributed by atoms with E-state index in [1.165, 1.54) is 24.4 Å². The van der Waals surface area contributed by atoms with Crippen molar-refractivity contribution in [2.24, 2.45) is 10.8 Å². The first-order valence-electron chi connectivity index (χ1n) is 7.64. The second kappa shape index (κ2) is 7.59. The van der Waals surface area contributed by atoms with Crippen molar-refractivity contribution in [2.45, 2.75) is 11.4 Å². The van der Waals surface area contributed by atoms with Crippen LogP contribution in [-0.2, 0) is 21.4 Å². The van der Waals surface area contributed by atoms with Crippen molar-refractivity contribution in [1.82, 2.24) is 9.40 Å². The number of carbonyl (C=O) groups is 1. The van der Waals surface area contributed by atoms with Crippen LogP contribution in [0.25, 0.3) is 10.9 Å². The molecule has 0 spiro atoms. The molecular formula is C17H14Cl2N4O3S. The van der Waals surface area contributed by atoms with E-state index in [1.807, 2.05) is 24.3 Å². The van der Waals surface area contributed by atoms with E-state index in [0.29, 0.717) is 5.56 Å². The number of para-hydroxylation sites is 1. The number of hydrazone groups is 1. The van der Waals surface area contributed by atoms with Gasteiger partial charge in [-0.1, -0.05) is 41.4 Å². The minimum Gasteiger partial charge on any atom is -0.368 e. The van der Waals surface area contributed by atoms with E-state index < -0.39 is 15.9 Å². The predicted octanol–water partition coefficient (Wildman–Crippen LogP) is 2.75. The van der Waals surface area contributed by atoms with Gasteiger partial charge in [-0.3, -0.25) is 4.79 Å². The number of halogens is 2. The number of amides is 1. The van der Waals surface area contributed by atoms with Gasteiger partial charge in [0.25, 0.3) is 10.0 Å². The van der Waals surface area contributed by atoms with Crippen molar-refractivity contribution in [3.63, 3.8) is 0 Å². The third-order valence-corrected chi connectivity index (χ3v) is 5.64. The normalized spacial score (nSPS) is 11.9. The lowest BCUT2D eigenvalue weighted by molar-refractivity contribution is -0.118. The van der Waals surface area contributed by atoms with Crippen LogP contribution < -0.4 is 10.6 Å². The van der Waals surface area contributed by atoms with Crippen molar-refractivity contribution >= 4 is 56.2 Å². The highest BCUT2D eigenvalue weighted by atomic mass is 35.5. The second-order valence-corrected chi connectivity index (χ2v) is 8.10. The van der Waals surface area contributed by atoms with Gasteiger partial charge in [0.05, 0.1) is 11.2 Å². The highest BCUT2D eigenvalue weighted by molar-refractivity contribution is 7.89. The van der Waals surface area contributed by atoms with E-state index in [2.05, 4.69) is 9.93 Å². The standard InChI is InChI=1S/C17H14Cl2N4O3S/c18-12-5-6-14(19)16(7-12)27(25,26)22-21-8-11-9-23(10-17(20)24)15-4-2-1-3-13(11)15/h1-9,22H,10H2,(H2,20,24)/b21-8-. The van der Waals surface area contributed by atoms with Gasteiger partial charge >= 0.3 is 0 Å². The number of nitrogens with two attached hydrogens (primary N) is 1. The molecule has 3 aromatic rings. The fourth-order valence-corrected chi connectivity index (χ4v) is 4.13. The van der Waals surface area contributed by atoms with E-state index in [1.54, 1.807) is 10.8 Å². The Morgan fingerprint density at radius 2 is 1.96 bits per heavy atom. The average Bonchev–Trinajstić information content (AvgIpc) is 2.94. The minimum atomic E-state index is -3.99. The first kappa shape index (κ1) is 19.2. The highest BCUT2D eigenvalue weighted by Crippen LogP contribution is 2.25. The van der Waals surface area contributed by atoms with Gasteiger partial charge in [0, 0.05) is 27.7 Å². The van der Waals surface area contributed by atoms with Gasteiger partial charge in [0.15, 0.2) is 0 Å². The van der Waals surface area contributed by atoms with Crippen LogP contribution in [0.2, 0.25) is 10.0 Å². The molecule has 0 saturated heterocycles. The third kappa shape index (κ3) is 4.24. The predicted molar refractivity (Wildman–Crippen MR) is 106 cm³/mol. The molecule has 0 unspecified atom stereocenters. The summed E-state index contributed by atoms with van der Waals surface area (Å²) in [7, 11) is -3.99. The van der Waals surface area contributed by atoms with Crippen molar-refractivity contribution in [1.29, 1.82) is 0 Å². The minimum absolute atomic E-state index is 0.00178. The summed E-state index contributed by atoms with van der Waals surface area (Å²) >= 11 is 11.8. The molecule has 0 aliphatic rings. The van der Waals surface area contributed by atoms with E-state index in [-0.39, 0.29) is 21.5 Å². The zero-order valence-electron chi connectivity index (χ0n) is 13.8. The lowest BCUT2D eigenvalue weighted by Crippen LogP contribution is -2.19. The lowest BCUT2D eigenvalue weighted by atomic mass is 10.2. The number of nitrogens with one attached hydrogen (secondary N) is 1. The molecule has 0 aliphatic carbocycles. The topological polar surface area (TPSA) is 107 Å². The van der Waals surface area contributed by atoms with Gasteiger partial charge in [-0.2, -0.15) is 13.5 Å². The zero-order chi connectivity index (χ0) is 19.6. The fraction of sp³-hybridized carbons (Fsp3) is 0.0588. The van der Waals surface area contributed by atoms with Crippen molar-refractivity contribution in [3.8, 4) is 0 Å². The molecule has 1 amide bonds. The molecular weight excluding hydrogens is 411 g/mol. The Hall–Kier alpha value is -2.55. The zero-order valence-corrected chi connectivity index (χ0v) is 16.1. The number of nitrogens with zero attached hydrogens (tertiary/aromatic N) is 2. The Bertz CT molecular complexity index is 1160. The van der Waals surface area contributed by atoms with Gasteiger partial charge in [0.1, 0.15) is 11.4 Å². The fourth-order valence-electron chi connectivity index (χ4n) is 2.57. The van der Waals surface area contributed by atoms with Gasteiger partial charge in [0.2, 0.25) is 5.91 Å². The number of aromatic nitrogens is 1. The lowest BCUT2D eigenvalue weighted by Gasteiger charge is -2.05. The Labute approximate surface area is 165 Å². The molecule has 10 heteroatoms. The molecule has 0 fully saturated rings. The summed E-state index contributed by atoms with van der Waals surface area (Å²) in [5, 5.41) is 4.87. The summed E-state index contributed by atoms with van der Waals surface area (Å²) in [6.07, 6.45) is 3.01. The summed E-state index contributed by atoms with van der Waals surface area (Å²) in [6.45, 7) is -0.00178. The summed E-state index contributed by atoms with van der Waals surface area (Å²) in [5.41, 5.74) is 6.66. The molecule has 0 radical (unpaired) electrons. The number of hydrogen-bond acceptors (Lipinski definition) is 4. The monoisotopic (exact) mass is 424 g/mol. The van der Waals surface area contributed by atoms with Crippen LogP contribution in [0.3, 0.4) is 0 Å².